The molecule has 1 fully saturated rings. The zero-order valence-electron chi connectivity index (χ0n) is 15.5. The van der Waals surface area contributed by atoms with Gasteiger partial charge in [-0.3, -0.25) is 19.3 Å². The summed E-state index contributed by atoms with van der Waals surface area (Å²) in [7, 11) is 0. The van der Waals surface area contributed by atoms with Crippen LogP contribution in [0.15, 0.2) is 54.6 Å². The maximum absolute atomic E-state index is 13.0. The Balaban J connectivity index is 1.58. The zero-order valence-corrected chi connectivity index (χ0v) is 15.5. The van der Waals surface area contributed by atoms with Gasteiger partial charge in [0.2, 0.25) is 5.91 Å². The van der Waals surface area contributed by atoms with Crippen LogP contribution in [0.25, 0.3) is 0 Å². The van der Waals surface area contributed by atoms with E-state index in [1.807, 2.05) is 30.3 Å². The van der Waals surface area contributed by atoms with E-state index < -0.39 is 17.9 Å². The fourth-order valence-electron chi connectivity index (χ4n) is 3.77. The summed E-state index contributed by atoms with van der Waals surface area (Å²) < 4.78 is 5.56. The number of hydrogen-bond donors (Lipinski definition) is 1. The Bertz CT molecular complexity index is 855. The summed E-state index contributed by atoms with van der Waals surface area (Å²) in [5, 5.41) is 2.88. The maximum Gasteiger partial charge on any atom is 0.262 e. The number of hydrogen-bond acceptors (Lipinski definition) is 4. The van der Waals surface area contributed by atoms with Crippen molar-refractivity contribution in [1.82, 2.24) is 10.2 Å². The predicted molar refractivity (Wildman–Crippen MR) is 103 cm³/mol. The van der Waals surface area contributed by atoms with E-state index in [-0.39, 0.29) is 18.4 Å². The van der Waals surface area contributed by atoms with Crippen molar-refractivity contribution in [3.8, 4) is 0 Å². The number of benzene rings is 2. The Morgan fingerprint density at radius 2 is 1.68 bits per heavy atom. The second-order valence-corrected chi connectivity index (χ2v) is 7.11. The molecule has 28 heavy (non-hydrogen) atoms. The lowest BCUT2D eigenvalue weighted by molar-refractivity contribution is -0.125. The molecule has 0 aliphatic carbocycles. The van der Waals surface area contributed by atoms with Gasteiger partial charge in [0.05, 0.1) is 17.2 Å². The largest absolute Gasteiger partial charge is 0.376 e. The first-order valence-electron chi connectivity index (χ1n) is 9.55. The first kappa shape index (κ1) is 18.4. The summed E-state index contributed by atoms with van der Waals surface area (Å²) >= 11 is 0. The number of imide groups is 1. The summed E-state index contributed by atoms with van der Waals surface area (Å²) in [5.74, 6) is -1.18. The highest BCUT2D eigenvalue weighted by Gasteiger charge is 2.42. The summed E-state index contributed by atoms with van der Waals surface area (Å²) in [6, 6.07) is 15.2. The van der Waals surface area contributed by atoms with E-state index in [0.29, 0.717) is 24.3 Å². The van der Waals surface area contributed by atoms with Crippen LogP contribution in [0.3, 0.4) is 0 Å². The van der Waals surface area contributed by atoms with Crippen molar-refractivity contribution in [1.29, 1.82) is 0 Å². The molecule has 1 N–H and O–H groups in total. The molecule has 6 nitrogen and oxygen atoms in total. The highest BCUT2D eigenvalue weighted by molar-refractivity contribution is 6.22. The predicted octanol–water partition coefficient (Wildman–Crippen LogP) is 2.19. The highest BCUT2D eigenvalue weighted by Crippen LogP contribution is 2.26. The molecule has 3 amide bonds. The monoisotopic (exact) mass is 378 g/mol. The number of fused-ring (bicyclic) bond motifs is 1. The van der Waals surface area contributed by atoms with Crippen molar-refractivity contribution in [2.45, 2.75) is 31.4 Å². The maximum atomic E-state index is 13.0. The quantitative estimate of drug-likeness (QED) is 0.782. The van der Waals surface area contributed by atoms with Crippen LogP contribution in [0, 0.1) is 0 Å². The van der Waals surface area contributed by atoms with Crippen LogP contribution >= 0.6 is 0 Å². The minimum Gasteiger partial charge on any atom is -0.376 e. The molecule has 2 aliphatic heterocycles. The van der Waals surface area contributed by atoms with Crippen molar-refractivity contribution in [2.75, 3.05) is 13.2 Å². The Kier molecular flexibility index (Phi) is 5.21. The molecule has 6 heteroatoms. The fraction of sp³-hybridized carbons (Fsp3) is 0.318. The molecule has 144 valence electrons. The van der Waals surface area contributed by atoms with Crippen LogP contribution in [0.5, 0.6) is 0 Å². The van der Waals surface area contributed by atoms with Gasteiger partial charge in [0.15, 0.2) is 0 Å². The molecule has 0 unspecified atom stereocenters. The lowest BCUT2D eigenvalue weighted by Gasteiger charge is -2.26. The molecule has 2 aromatic carbocycles. The SMILES string of the molecule is O=C(NC[C@@H]1CCCO1)[C@@H](Cc1ccccc1)N1C(=O)c2ccccc2C1=O. The lowest BCUT2D eigenvalue weighted by atomic mass is 10.0. The Hall–Kier alpha value is -2.99. The fourth-order valence-corrected chi connectivity index (χ4v) is 3.77. The van der Waals surface area contributed by atoms with Crippen LogP contribution in [0.1, 0.15) is 39.1 Å². The zero-order chi connectivity index (χ0) is 19.5. The molecule has 1 saturated heterocycles. The standard InChI is InChI=1S/C22H22N2O4/c25-20(23-14-16-9-6-12-28-16)19(13-15-7-2-1-3-8-15)24-21(26)17-10-4-5-11-18(17)22(24)27/h1-5,7-8,10-11,16,19H,6,9,12-14H2,(H,23,25)/t16-,19+/m0/s1. The van der Waals surface area contributed by atoms with E-state index in [1.54, 1.807) is 24.3 Å². The summed E-state index contributed by atoms with van der Waals surface area (Å²) in [4.78, 5) is 39.9. The Morgan fingerprint density at radius 3 is 2.29 bits per heavy atom. The average molecular weight is 378 g/mol. The van der Waals surface area contributed by atoms with E-state index in [9.17, 15) is 14.4 Å². The number of carbonyl (C=O) groups excluding carboxylic acids is 3. The van der Waals surface area contributed by atoms with Gasteiger partial charge >= 0.3 is 0 Å². The third-order valence-corrected chi connectivity index (χ3v) is 5.24. The molecule has 0 spiro atoms. The van der Waals surface area contributed by atoms with Gasteiger partial charge in [-0.2, -0.15) is 0 Å². The normalized spacial score (nSPS) is 19.6. The molecule has 0 radical (unpaired) electrons. The van der Waals surface area contributed by atoms with Crippen molar-refractivity contribution < 1.29 is 19.1 Å². The number of nitrogens with zero attached hydrogens (tertiary/aromatic N) is 1. The molecular formula is C22H22N2O4. The van der Waals surface area contributed by atoms with Gasteiger partial charge in [0, 0.05) is 19.6 Å². The van der Waals surface area contributed by atoms with Gasteiger partial charge in [-0.1, -0.05) is 42.5 Å². The third kappa shape index (κ3) is 3.55. The number of carbonyl (C=O) groups is 3. The van der Waals surface area contributed by atoms with Gasteiger partial charge in [-0.15, -0.1) is 0 Å². The summed E-state index contributed by atoms with van der Waals surface area (Å²) in [6.07, 6.45) is 2.13. The average Bonchev–Trinajstić information content (AvgIpc) is 3.33. The smallest absolute Gasteiger partial charge is 0.262 e. The second kappa shape index (κ2) is 7.94. The molecule has 0 aromatic heterocycles. The van der Waals surface area contributed by atoms with Crippen molar-refractivity contribution in [3.63, 3.8) is 0 Å². The number of amides is 3. The first-order valence-corrected chi connectivity index (χ1v) is 9.55. The Labute approximate surface area is 163 Å². The van der Waals surface area contributed by atoms with Crippen LogP contribution in [-0.4, -0.2) is 47.9 Å². The van der Waals surface area contributed by atoms with Gasteiger partial charge in [-0.05, 0) is 30.5 Å². The minimum absolute atomic E-state index is 0.0106. The van der Waals surface area contributed by atoms with E-state index in [4.69, 9.17) is 4.74 Å². The molecule has 2 heterocycles. The van der Waals surface area contributed by atoms with Gasteiger partial charge in [0.25, 0.3) is 11.8 Å². The van der Waals surface area contributed by atoms with Crippen LogP contribution in [0.4, 0.5) is 0 Å². The van der Waals surface area contributed by atoms with Crippen LogP contribution < -0.4 is 5.32 Å². The number of nitrogens with one attached hydrogen (secondary N) is 1. The second-order valence-electron chi connectivity index (χ2n) is 7.11. The molecule has 2 atom stereocenters. The van der Waals surface area contributed by atoms with Crippen molar-refractivity contribution in [2.24, 2.45) is 0 Å². The lowest BCUT2D eigenvalue weighted by Crippen LogP contribution is -2.51. The van der Waals surface area contributed by atoms with Crippen molar-refractivity contribution in [3.05, 3.63) is 71.3 Å². The molecule has 2 aliphatic rings. The molecule has 0 bridgehead atoms. The number of ether oxygens (including phenoxy) is 1. The molecule has 4 rings (SSSR count). The van der Waals surface area contributed by atoms with E-state index in [2.05, 4.69) is 5.32 Å². The number of rotatable bonds is 6. The Morgan fingerprint density at radius 1 is 1.04 bits per heavy atom. The molecular weight excluding hydrogens is 356 g/mol. The minimum atomic E-state index is -0.906. The molecule has 2 aromatic rings. The van der Waals surface area contributed by atoms with Crippen molar-refractivity contribution >= 4 is 17.7 Å². The first-order chi connectivity index (χ1) is 13.6. The molecule has 0 saturated carbocycles. The van der Waals surface area contributed by atoms with E-state index in [0.717, 1.165) is 23.3 Å². The topological polar surface area (TPSA) is 75.7 Å². The van der Waals surface area contributed by atoms with Crippen LogP contribution in [-0.2, 0) is 16.0 Å². The van der Waals surface area contributed by atoms with Crippen LogP contribution in [0.2, 0.25) is 0 Å². The summed E-state index contributed by atoms with van der Waals surface area (Å²) in [6.45, 7) is 1.08. The van der Waals surface area contributed by atoms with Gasteiger partial charge in [-0.25, -0.2) is 0 Å². The van der Waals surface area contributed by atoms with Gasteiger partial charge in [0.1, 0.15) is 6.04 Å². The van der Waals surface area contributed by atoms with Gasteiger partial charge < -0.3 is 10.1 Å². The highest BCUT2D eigenvalue weighted by atomic mass is 16.5. The van der Waals surface area contributed by atoms with E-state index in [1.165, 1.54) is 0 Å². The summed E-state index contributed by atoms with van der Waals surface area (Å²) in [5.41, 5.74) is 1.58. The third-order valence-electron chi connectivity index (χ3n) is 5.24. The van der Waals surface area contributed by atoms with E-state index >= 15 is 0 Å².